The Morgan fingerprint density at radius 3 is 2.52 bits per heavy atom. The number of nitrogens with one attached hydrogen (secondary N) is 1. The Bertz CT molecular complexity index is 380. The van der Waals surface area contributed by atoms with Gasteiger partial charge in [-0.3, -0.25) is 0 Å². The average molecular weight is 298 g/mol. The minimum atomic E-state index is -1.05. The van der Waals surface area contributed by atoms with Gasteiger partial charge >= 0.3 is 12.0 Å². The van der Waals surface area contributed by atoms with Crippen molar-refractivity contribution in [3.8, 4) is 0 Å². The van der Waals surface area contributed by atoms with Gasteiger partial charge in [0.25, 0.3) is 0 Å². The third kappa shape index (κ3) is 4.33. The van der Waals surface area contributed by atoms with E-state index in [1.54, 1.807) is 0 Å². The van der Waals surface area contributed by atoms with Crippen molar-refractivity contribution in [2.75, 3.05) is 13.1 Å². The molecule has 0 aromatic rings. The molecule has 2 fully saturated rings. The van der Waals surface area contributed by atoms with Gasteiger partial charge in [0, 0.05) is 19.5 Å². The normalized spacial score (nSPS) is 33.0. The first-order valence-electron chi connectivity index (χ1n) is 7.92. The Hall–Kier alpha value is -1.30. The Morgan fingerprint density at radius 2 is 1.90 bits per heavy atom. The van der Waals surface area contributed by atoms with E-state index < -0.39 is 18.1 Å². The molecule has 1 heterocycles. The van der Waals surface area contributed by atoms with E-state index in [9.17, 15) is 14.7 Å². The molecule has 120 valence electrons. The van der Waals surface area contributed by atoms with Gasteiger partial charge in [-0.25, -0.2) is 9.59 Å². The molecule has 0 aromatic heterocycles. The Morgan fingerprint density at radius 1 is 1.24 bits per heavy atom. The van der Waals surface area contributed by atoms with Crippen LogP contribution in [0.15, 0.2) is 0 Å². The van der Waals surface area contributed by atoms with Gasteiger partial charge in [-0.15, -0.1) is 0 Å². The Balaban J connectivity index is 1.73. The van der Waals surface area contributed by atoms with Crippen molar-refractivity contribution >= 4 is 12.0 Å². The van der Waals surface area contributed by atoms with Crippen LogP contribution in [0.2, 0.25) is 0 Å². The number of aliphatic hydroxyl groups excluding tert-OH is 1. The molecule has 6 nitrogen and oxygen atoms in total. The summed E-state index contributed by atoms with van der Waals surface area (Å²) in [5, 5.41) is 21.4. The molecule has 0 spiro atoms. The van der Waals surface area contributed by atoms with Crippen molar-refractivity contribution in [3.05, 3.63) is 0 Å². The number of β-amino-alcohol motifs (C(OH)–C–C–N with tert-alkyl or cyclic N) is 1. The number of aliphatic carboxylic acids is 1. The van der Waals surface area contributed by atoms with E-state index in [-0.39, 0.29) is 19.0 Å². The van der Waals surface area contributed by atoms with E-state index in [0.29, 0.717) is 12.5 Å². The molecule has 2 amide bonds. The van der Waals surface area contributed by atoms with Gasteiger partial charge in [-0.05, 0) is 18.3 Å². The summed E-state index contributed by atoms with van der Waals surface area (Å²) in [7, 11) is 0. The van der Waals surface area contributed by atoms with E-state index in [2.05, 4.69) is 12.2 Å². The predicted octanol–water partition coefficient (Wildman–Crippen LogP) is 1.43. The summed E-state index contributed by atoms with van der Waals surface area (Å²) in [5.41, 5.74) is 0. The van der Waals surface area contributed by atoms with Crippen LogP contribution in [0.3, 0.4) is 0 Å². The van der Waals surface area contributed by atoms with Crippen molar-refractivity contribution in [1.29, 1.82) is 0 Å². The molecule has 2 rings (SSSR count). The number of aliphatic hydroxyl groups is 1. The second-order valence-electron chi connectivity index (χ2n) is 6.54. The largest absolute Gasteiger partial charge is 0.480 e. The monoisotopic (exact) mass is 298 g/mol. The third-order valence-corrected chi connectivity index (χ3v) is 4.79. The first-order chi connectivity index (χ1) is 9.97. The summed E-state index contributed by atoms with van der Waals surface area (Å²) in [5.74, 6) is 0.433. The van der Waals surface area contributed by atoms with Crippen molar-refractivity contribution in [2.24, 2.45) is 11.8 Å². The second-order valence-corrected chi connectivity index (χ2v) is 6.54. The molecule has 1 aliphatic heterocycles. The summed E-state index contributed by atoms with van der Waals surface area (Å²) in [6.45, 7) is 2.96. The maximum absolute atomic E-state index is 12.0. The third-order valence-electron chi connectivity index (χ3n) is 4.79. The van der Waals surface area contributed by atoms with Crippen molar-refractivity contribution < 1.29 is 19.8 Å². The summed E-state index contributed by atoms with van der Waals surface area (Å²) in [6, 6.07) is -1.28. The summed E-state index contributed by atoms with van der Waals surface area (Å²) < 4.78 is 0. The standard InChI is InChI=1S/C15H26N2O4/c1-10-2-4-11(5-3-10)6-7-16-15(21)17-9-12(18)8-13(17)14(19)20/h10-13,18H,2-9H2,1H3,(H,16,21)(H,19,20)/t10?,11?,12-,13+/m1/s1. The fourth-order valence-corrected chi connectivity index (χ4v) is 3.37. The highest BCUT2D eigenvalue weighted by atomic mass is 16.4. The number of likely N-dealkylation sites (tertiary alicyclic amines) is 1. The average Bonchev–Trinajstić information content (AvgIpc) is 2.83. The number of nitrogens with zero attached hydrogens (tertiary/aromatic N) is 1. The number of carboxylic acids is 1. The van der Waals surface area contributed by atoms with Crippen LogP contribution in [0.4, 0.5) is 4.79 Å². The molecule has 21 heavy (non-hydrogen) atoms. The molecule has 1 saturated carbocycles. The summed E-state index contributed by atoms with van der Waals surface area (Å²) >= 11 is 0. The van der Waals surface area contributed by atoms with Gasteiger partial charge in [0.1, 0.15) is 6.04 Å². The van der Waals surface area contributed by atoms with Gasteiger partial charge < -0.3 is 20.4 Å². The highest BCUT2D eigenvalue weighted by Crippen LogP contribution is 2.30. The van der Waals surface area contributed by atoms with Crippen LogP contribution < -0.4 is 5.32 Å². The Kier molecular flexibility index (Phi) is 5.45. The number of amides is 2. The maximum Gasteiger partial charge on any atom is 0.326 e. The lowest BCUT2D eigenvalue weighted by atomic mass is 9.81. The molecule has 1 aliphatic carbocycles. The van der Waals surface area contributed by atoms with Crippen LogP contribution in [0, 0.1) is 11.8 Å². The van der Waals surface area contributed by atoms with Crippen LogP contribution in [0.25, 0.3) is 0 Å². The van der Waals surface area contributed by atoms with E-state index in [4.69, 9.17) is 5.11 Å². The molecule has 6 heteroatoms. The number of carbonyl (C=O) groups excluding carboxylic acids is 1. The quantitative estimate of drug-likeness (QED) is 0.732. The van der Waals surface area contributed by atoms with Gasteiger partial charge in [0.2, 0.25) is 0 Å². The van der Waals surface area contributed by atoms with E-state index >= 15 is 0 Å². The molecular weight excluding hydrogens is 272 g/mol. The highest BCUT2D eigenvalue weighted by Gasteiger charge is 2.38. The SMILES string of the molecule is CC1CCC(CCNC(=O)N2C[C@H](O)C[C@H]2C(=O)O)CC1. The number of rotatable bonds is 4. The summed E-state index contributed by atoms with van der Waals surface area (Å²) in [6.07, 6.45) is 5.29. The molecule has 1 saturated heterocycles. The molecule has 2 aliphatic rings. The van der Waals surface area contributed by atoms with Crippen LogP contribution in [0.5, 0.6) is 0 Å². The van der Waals surface area contributed by atoms with Crippen LogP contribution in [-0.2, 0) is 4.79 Å². The Labute approximate surface area is 125 Å². The van der Waals surface area contributed by atoms with Gasteiger partial charge in [-0.1, -0.05) is 32.6 Å². The van der Waals surface area contributed by atoms with Crippen LogP contribution in [-0.4, -0.2) is 52.3 Å². The summed E-state index contributed by atoms with van der Waals surface area (Å²) in [4.78, 5) is 24.4. The van der Waals surface area contributed by atoms with Crippen molar-refractivity contribution in [2.45, 2.75) is 57.6 Å². The number of carbonyl (C=O) groups is 2. The molecule has 0 bridgehead atoms. The van der Waals surface area contributed by atoms with Crippen molar-refractivity contribution in [3.63, 3.8) is 0 Å². The molecule has 0 radical (unpaired) electrons. The number of hydrogen-bond donors (Lipinski definition) is 3. The van der Waals surface area contributed by atoms with Gasteiger partial charge in [-0.2, -0.15) is 0 Å². The fraction of sp³-hybridized carbons (Fsp3) is 0.867. The number of hydrogen-bond acceptors (Lipinski definition) is 3. The van der Waals surface area contributed by atoms with Gasteiger partial charge in [0.15, 0.2) is 0 Å². The lowest BCUT2D eigenvalue weighted by molar-refractivity contribution is -0.141. The molecule has 2 atom stereocenters. The van der Waals surface area contributed by atoms with E-state index in [1.807, 2.05) is 0 Å². The van der Waals surface area contributed by atoms with E-state index in [0.717, 1.165) is 12.3 Å². The number of carboxylic acid groups (broad SMARTS) is 1. The fourth-order valence-electron chi connectivity index (χ4n) is 3.37. The molecule has 3 N–H and O–H groups in total. The van der Waals surface area contributed by atoms with E-state index in [1.165, 1.54) is 30.6 Å². The number of urea groups is 1. The van der Waals surface area contributed by atoms with Crippen LogP contribution in [0.1, 0.15) is 45.4 Å². The van der Waals surface area contributed by atoms with Crippen LogP contribution >= 0.6 is 0 Å². The van der Waals surface area contributed by atoms with Gasteiger partial charge in [0.05, 0.1) is 6.10 Å². The second kappa shape index (κ2) is 7.11. The molecule has 0 unspecified atom stereocenters. The first kappa shape index (κ1) is 16.1. The minimum Gasteiger partial charge on any atom is -0.480 e. The lowest BCUT2D eigenvalue weighted by Crippen LogP contribution is -2.46. The predicted molar refractivity (Wildman–Crippen MR) is 77.9 cm³/mol. The topological polar surface area (TPSA) is 89.9 Å². The zero-order valence-corrected chi connectivity index (χ0v) is 12.6. The first-order valence-corrected chi connectivity index (χ1v) is 7.92. The minimum absolute atomic E-state index is 0.101. The molecular formula is C15H26N2O4. The zero-order chi connectivity index (χ0) is 15.4. The smallest absolute Gasteiger partial charge is 0.326 e. The lowest BCUT2D eigenvalue weighted by Gasteiger charge is -2.27. The van der Waals surface area contributed by atoms with Crippen molar-refractivity contribution in [1.82, 2.24) is 10.2 Å². The maximum atomic E-state index is 12.0. The highest BCUT2D eigenvalue weighted by molar-refractivity contribution is 5.83. The zero-order valence-electron chi connectivity index (χ0n) is 12.6. The molecule has 0 aromatic carbocycles.